The van der Waals surface area contributed by atoms with Crippen molar-refractivity contribution < 1.29 is 13.3 Å². The molecule has 0 radical (unpaired) electrons. The Bertz CT molecular complexity index is 146. The van der Waals surface area contributed by atoms with Crippen LogP contribution in [0.3, 0.4) is 0 Å². The van der Waals surface area contributed by atoms with Gasteiger partial charge in [0.25, 0.3) is 0 Å². The molecule has 0 amide bonds. The molecule has 0 aliphatic heterocycles. The fraction of sp³-hybridized carbons (Fsp3) is 1.00. The Balaban J connectivity index is 4.12. The van der Waals surface area contributed by atoms with E-state index in [0.29, 0.717) is 19.8 Å². The fourth-order valence-corrected chi connectivity index (χ4v) is 5.33. The van der Waals surface area contributed by atoms with E-state index in [9.17, 15) is 0 Å². The number of rotatable bonds is 11. The molecule has 0 aliphatic rings. The predicted molar refractivity (Wildman–Crippen MR) is 71.8 cm³/mol. The first-order valence-corrected chi connectivity index (χ1v) is 9.03. The van der Waals surface area contributed by atoms with Crippen LogP contribution < -0.4 is 5.73 Å². The van der Waals surface area contributed by atoms with Gasteiger partial charge in [0.05, 0.1) is 0 Å². The maximum absolute atomic E-state index is 5.74. The molecule has 0 fully saturated rings. The fourth-order valence-electron chi connectivity index (χ4n) is 1.38. The van der Waals surface area contributed by atoms with Gasteiger partial charge in [0.1, 0.15) is 0 Å². The molecule has 0 unspecified atom stereocenters. The molecule has 0 rings (SSSR count). The van der Waals surface area contributed by atoms with E-state index < -0.39 is 8.80 Å². The Kier molecular flexibility index (Phi) is 10.8. The van der Waals surface area contributed by atoms with Crippen LogP contribution in [0.25, 0.3) is 0 Å². The Morgan fingerprint density at radius 1 is 0.938 bits per heavy atom. The van der Waals surface area contributed by atoms with Gasteiger partial charge in [0.2, 0.25) is 0 Å². The minimum Gasteiger partial charge on any atom is -0.374 e. The summed E-state index contributed by atoms with van der Waals surface area (Å²) in [6, 6.07) is 0.868. The summed E-state index contributed by atoms with van der Waals surface area (Å²) in [6.45, 7) is 8.60. The zero-order valence-corrected chi connectivity index (χ0v) is 12.5. The second-order valence-electron chi connectivity index (χ2n) is 3.13. The van der Waals surface area contributed by atoms with E-state index in [1.165, 1.54) is 0 Å². The van der Waals surface area contributed by atoms with E-state index in [1.807, 2.05) is 32.5 Å². The van der Waals surface area contributed by atoms with Gasteiger partial charge in [-0.25, -0.2) is 0 Å². The molecule has 0 aromatic carbocycles. The van der Waals surface area contributed by atoms with E-state index in [1.54, 1.807) is 0 Å². The summed E-state index contributed by atoms with van der Waals surface area (Å²) in [5.74, 6) is 1.97. The monoisotopic (exact) mass is 267 g/mol. The van der Waals surface area contributed by atoms with Crippen LogP contribution >= 0.6 is 11.8 Å². The van der Waals surface area contributed by atoms with E-state index >= 15 is 0 Å². The molecule has 2 N–H and O–H groups in total. The number of nitrogens with two attached hydrogens (primary N) is 1. The molecule has 4 nitrogen and oxygen atoms in total. The minimum atomic E-state index is -2.41. The molecule has 0 aliphatic carbocycles. The smallest absolute Gasteiger partial charge is 0.374 e. The highest BCUT2D eigenvalue weighted by molar-refractivity contribution is 7.99. The average Bonchev–Trinajstić information content (AvgIpc) is 2.26. The van der Waals surface area contributed by atoms with Gasteiger partial charge in [0.15, 0.2) is 0 Å². The number of thioether (sulfide) groups is 1. The van der Waals surface area contributed by atoms with Crippen LogP contribution in [0.1, 0.15) is 20.8 Å². The van der Waals surface area contributed by atoms with Crippen LogP contribution in [-0.4, -0.2) is 46.7 Å². The van der Waals surface area contributed by atoms with E-state index in [2.05, 4.69) is 0 Å². The maximum atomic E-state index is 5.74. The third kappa shape index (κ3) is 6.88. The normalized spacial score (nSPS) is 12.0. The SMILES string of the molecule is CCO[Si](CCSCCN)(OCC)OCC. The summed E-state index contributed by atoms with van der Waals surface area (Å²) in [7, 11) is -2.41. The molecule has 0 bridgehead atoms. The van der Waals surface area contributed by atoms with Gasteiger partial charge in [-0.3, -0.25) is 0 Å². The average molecular weight is 267 g/mol. The summed E-state index contributed by atoms with van der Waals surface area (Å²) in [6.07, 6.45) is 0. The molecule has 0 spiro atoms. The lowest BCUT2D eigenvalue weighted by molar-refractivity contribution is 0.0728. The van der Waals surface area contributed by atoms with Gasteiger partial charge < -0.3 is 19.0 Å². The number of hydrogen-bond acceptors (Lipinski definition) is 5. The topological polar surface area (TPSA) is 53.7 Å². The number of hydrogen-bond donors (Lipinski definition) is 1. The Hall–Kier alpha value is 0.407. The van der Waals surface area contributed by atoms with Crippen molar-refractivity contribution in [1.82, 2.24) is 0 Å². The van der Waals surface area contributed by atoms with Crippen molar-refractivity contribution >= 4 is 20.6 Å². The van der Waals surface area contributed by atoms with Gasteiger partial charge in [-0.2, -0.15) is 11.8 Å². The summed E-state index contributed by atoms with van der Waals surface area (Å²) >= 11 is 1.83. The quantitative estimate of drug-likeness (QED) is 0.456. The Labute approximate surface area is 105 Å². The lowest BCUT2D eigenvalue weighted by Crippen LogP contribution is -2.46. The molecular formula is C10H25NO3SSi. The third-order valence-corrected chi connectivity index (χ3v) is 6.33. The van der Waals surface area contributed by atoms with Gasteiger partial charge in [0, 0.05) is 38.2 Å². The van der Waals surface area contributed by atoms with Crippen molar-refractivity contribution in [2.24, 2.45) is 5.73 Å². The third-order valence-electron chi connectivity index (χ3n) is 1.91. The maximum Gasteiger partial charge on any atom is 0.501 e. The van der Waals surface area contributed by atoms with Crippen molar-refractivity contribution in [2.75, 3.05) is 37.9 Å². The predicted octanol–water partition coefficient (Wildman–Crippen LogP) is 1.73. The van der Waals surface area contributed by atoms with Crippen LogP contribution in [-0.2, 0) is 13.3 Å². The second-order valence-corrected chi connectivity index (χ2v) is 7.09. The molecule has 0 aromatic rings. The molecule has 0 saturated heterocycles. The van der Waals surface area contributed by atoms with Gasteiger partial charge in [-0.05, 0) is 26.5 Å². The van der Waals surface area contributed by atoms with E-state index in [-0.39, 0.29) is 0 Å². The van der Waals surface area contributed by atoms with Crippen LogP contribution in [0, 0.1) is 0 Å². The highest BCUT2D eigenvalue weighted by atomic mass is 32.2. The largest absolute Gasteiger partial charge is 0.501 e. The first-order chi connectivity index (χ1) is 7.74. The highest BCUT2D eigenvalue weighted by Crippen LogP contribution is 2.18. The Morgan fingerprint density at radius 3 is 1.81 bits per heavy atom. The van der Waals surface area contributed by atoms with Crippen LogP contribution in [0.15, 0.2) is 0 Å². The lowest BCUT2D eigenvalue weighted by atomic mass is 10.8. The van der Waals surface area contributed by atoms with E-state index in [0.717, 1.165) is 24.1 Å². The van der Waals surface area contributed by atoms with E-state index in [4.69, 9.17) is 19.0 Å². The summed E-state index contributed by atoms with van der Waals surface area (Å²) in [5, 5.41) is 0. The molecule has 6 heteroatoms. The molecule has 0 atom stereocenters. The summed E-state index contributed by atoms with van der Waals surface area (Å²) < 4.78 is 17.2. The van der Waals surface area contributed by atoms with Gasteiger partial charge in [-0.15, -0.1) is 0 Å². The zero-order chi connectivity index (χ0) is 12.3. The molecule has 0 saturated carbocycles. The van der Waals surface area contributed by atoms with Crippen LogP contribution in [0.4, 0.5) is 0 Å². The first kappa shape index (κ1) is 16.4. The molecule has 0 aromatic heterocycles. The second kappa shape index (κ2) is 10.6. The highest BCUT2D eigenvalue weighted by Gasteiger charge is 2.39. The van der Waals surface area contributed by atoms with Crippen molar-refractivity contribution in [1.29, 1.82) is 0 Å². The van der Waals surface area contributed by atoms with Crippen LogP contribution in [0.2, 0.25) is 6.04 Å². The minimum absolute atomic E-state index is 0.647. The first-order valence-electron chi connectivity index (χ1n) is 5.94. The lowest BCUT2D eigenvalue weighted by Gasteiger charge is -2.28. The van der Waals surface area contributed by atoms with Crippen molar-refractivity contribution in [3.05, 3.63) is 0 Å². The van der Waals surface area contributed by atoms with Crippen LogP contribution in [0.5, 0.6) is 0 Å². The van der Waals surface area contributed by atoms with Crippen molar-refractivity contribution in [3.63, 3.8) is 0 Å². The van der Waals surface area contributed by atoms with Crippen molar-refractivity contribution in [2.45, 2.75) is 26.8 Å². The van der Waals surface area contributed by atoms with Gasteiger partial charge in [-0.1, -0.05) is 0 Å². The molecule has 16 heavy (non-hydrogen) atoms. The zero-order valence-electron chi connectivity index (χ0n) is 10.7. The molecule has 0 heterocycles. The molecular weight excluding hydrogens is 242 g/mol. The molecule has 98 valence electrons. The standard InChI is InChI=1S/C10H25NO3SSi/c1-4-12-16(13-5-2,14-6-3)10-9-15-8-7-11/h4-11H2,1-3H3. The van der Waals surface area contributed by atoms with Gasteiger partial charge >= 0.3 is 8.80 Å². The van der Waals surface area contributed by atoms with Crippen molar-refractivity contribution in [3.8, 4) is 0 Å². The summed E-state index contributed by atoms with van der Waals surface area (Å²) in [4.78, 5) is 0. The Morgan fingerprint density at radius 2 is 1.44 bits per heavy atom. The summed E-state index contributed by atoms with van der Waals surface area (Å²) in [5.41, 5.74) is 5.45.